The third-order valence-corrected chi connectivity index (χ3v) is 7.28. The molecule has 7 nitrogen and oxygen atoms in total. The Kier molecular flexibility index (Phi) is 5.14. The number of hydrogen-bond donors (Lipinski definition) is 1. The van der Waals surface area contributed by atoms with Crippen LogP contribution in [-0.2, 0) is 16.4 Å². The number of ether oxygens (including phenoxy) is 1. The number of benzene rings is 2. The molecule has 2 aromatic carbocycles. The number of sulfonamides is 1. The van der Waals surface area contributed by atoms with Crippen LogP contribution in [0.1, 0.15) is 18.4 Å². The van der Waals surface area contributed by atoms with Crippen LogP contribution in [0.15, 0.2) is 48.5 Å². The van der Waals surface area contributed by atoms with Gasteiger partial charge in [0.15, 0.2) is 0 Å². The van der Waals surface area contributed by atoms with Crippen molar-refractivity contribution in [1.29, 1.82) is 0 Å². The number of hydrogen-bond acceptors (Lipinski definition) is 4. The second kappa shape index (κ2) is 7.84. The quantitative estimate of drug-likeness (QED) is 0.777. The molecule has 3 aliphatic rings. The minimum absolute atomic E-state index is 0.0219. The van der Waals surface area contributed by atoms with Crippen LogP contribution in [0, 0.1) is 0 Å². The first-order valence-electron chi connectivity index (χ1n) is 10.7. The summed E-state index contributed by atoms with van der Waals surface area (Å²) < 4.78 is 32.9. The molecule has 2 saturated heterocycles. The molecule has 0 aliphatic carbocycles. The first-order valence-corrected chi connectivity index (χ1v) is 12.6. The van der Waals surface area contributed by atoms with E-state index in [1.807, 2.05) is 46.2 Å². The summed E-state index contributed by atoms with van der Waals surface area (Å²) in [6.45, 7) is 1.70. The lowest BCUT2D eigenvalue weighted by molar-refractivity contribution is 0.0546. The van der Waals surface area contributed by atoms with E-state index in [1.165, 1.54) is 6.26 Å². The number of amides is 2. The number of fused-ring (bicyclic) bond motifs is 6. The summed E-state index contributed by atoms with van der Waals surface area (Å²) in [5.41, 5.74) is 3.15. The van der Waals surface area contributed by atoms with Crippen molar-refractivity contribution < 1.29 is 17.9 Å². The van der Waals surface area contributed by atoms with Gasteiger partial charge in [0.2, 0.25) is 10.0 Å². The third-order valence-electron chi connectivity index (χ3n) is 6.55. The summed E-state index contributed by atoms with van der Waals surface area (Å²) in [5.74, 6) is 0.815. The van der Waals surface area contributed by atoms with Crippen LogP contribution in [0.25, 0.3) is 11.1 Å². The second-order valence-electron chi connectivity index (χ2n) is 8.68. The average Bonchev–Trinajstić information content (AvgIpc) is 3.08. The normalized spacial score (nSPS) is 25.7. The predicted molar refractivity (Wildman–Crippen MR) is 118 cm³/mol. The molecule has 3 atom stereocenters. The van der Waals surface area contributed by atoms with Gasteiger partial charge >= 0.3 is 6.03 Å². The zero-order valence-corrected chi connectivity index (χ0v) is 18.3. The number of nitrogens with zero attached hydrogens (tertiary/aromatic N) is 2. The van der Waals surface area contributed by atoms with Gasteiger partial charge in [-0.3, -0.25) is 0 Å². The summed E-state index contributed by atoms with van der Waals surface area (Å²) in [4.78, 5) is 17.1. The maximum Gasteiger partial charge on any atom is 0.320 e. The molecule has 8 heteroatoms. The molecule has 0 spiro atoms. The molecule has 3 aliphatic heterocycles. The molecule has 0 saturated carbocycles. The Balaban J connectivity index is 1.56. The molecule has 3 unspecified atom stereocenters. The highest BCUT2D eigenvalue weighted by Gasteiger charge is 2.43. The Hall–Kier alpha value is -2.58. The first-order chi connectivity index (χ1) is 14.9. The molecule has 3 heterocycles. The standard InChI is InChI=1S/C23H27N3O4S/c1-31(28,29)24-20-10-12-26-21(20)14-16-5-4-6-17(13-16)19-7-2-3-8-22(19)30-15-18-9-11-25(18)23(26)27/h2-8,13,18,20-21,24H,9-12,14-15H2,1H3. The van der Waals surface area contributed by atoms with Crippen molar-refractivity contribution in [3.05, 3.63) is 54.1 Å². The molecular formula is C23H27N3O4S. The van der Waals surface area contributed by atoms with Crippen LogP contribution in [0.5, 0.6) is 5.75 Å². The van der Waals surface area contributed by atoms with E-state index in [9.17, 15) is 13.2 Å². The SMILES string of the molecule is CS(=O)(=O)NC1CCN2C(=O)N3CCC3COc3ccccc3-c3cccc(c3)CC12. The number of urea groups is 1. The number of para-hydroxylation sites is 1. The second-order valence-corrected chi connectivity index (χ2v) is 10.5. The zero-order chi connectivity index (χ0) is 21.6. The van der Waals surface area contributed by atoms with E-state index in [1.54, 1.807) is 0 Å². The maximum atomic E-state index is 13.4. The van der Waals surface area contributed by atoms with Gasteiger partial charge in [-0.05, 0) is 36.5 Å². The molecule has 2 amide bonds. The van der Waals surface area contributed by atoms with Crippen molar-refractivity contribution in [2.45, 2.75) is 37.4 Å². The Labute approximate surface area is 183 Å². The van der Waals surface area contributed by atoms with Crippen LogP contribution in [0.4, 0.5) is 4.79 Å². The average molecular weight is 442 g/mol. The third kappa shape index (κ3) is 4.02. The molecule has 5 rings (SSSR count). The van der Waals surface area contributed by atoms with E-state index in [2.05, 4.69) is 16.9 Å². The fraction of sp³-hybridized carbons (Fsp3) is 0.435. The van der Waals surface area contributed by atoms with Gasteiger partial charge in [-0.2, -0.15) is 0 Å². The Morgan fingerprint density at radius 2 is 1.84 bits per heavy atom. The predicted octanol–water partition coefficient (Wildman–Crippen LogP) is 2.47. The van der Waals surface area contributed by atoms with E-state index in [0.717, 1.165) is 28.9 Å². The summed E-state index contributed by atoms with van der Waals surface area (Å²) in [5, 5.41) is 0. The minimum Gasteiger partial charge on any atom is -0.491 e. The van der Waals surface area contributed by atoms with Crippen molar-refractivity contribution in [2.75, 3.05) is 26.0 Å². The van der Waals surface area contributed by atoms with Crippen LogP contribution < -0.4 is 9.46 Å². The lowest BCUT2D eigenvalue weighted by Crippen LogP contribution is -2.60. The van der Waals surface area contributed by atoms with Crippen LogP contribution in [-0.4, -0.2) is 68.3 Å². The van der Waals surface area contributed by atoms with Gasteiger partial charge in [-0.25, -0.2) is 17.9 Å². The fourth-order valence-corrected chi connectivity index (χ4v) is 5.74. The number of carbonyl (C=O) groups excluding carboxylic acids is 1. The van der Waals surface area contributed by atoms with E-state index in [-0.39, 0.29) is 24.2 Å². The highest BCUT2D eigenvalue weighted by molar-refractivity contribution is 7.88. The molecule has 164 valence electrons. The van der Waals surface area contributed by atoms with Gasteiger partial charge in [0.1, 0.15) is 12.4 Å². The molecule has 0 radical (unpaired) electrons. The molecule has 31 heavy (non-hydrogen) atoms. The van der Waals surface area contributed by atoms with Gasteiger partial charge < -0.3 is 14.5 Å². The molecule has 1 N–H and O–H groups in total. The van der Waals surface area contributed by atoms with Crippen LogP contribution in [0.2, 0.25) is 0 Å². The topological polar surface area (TPSA) is 79.0 Å². The van der Waals surface area contributed by atoms with Crippen molar-refractivity contribution in [3.63, 3.8) is 0 Å². The Morgan fingerprint density at radius 1 is 1.03 bits per heavy atom. The highest BCUT2D eigenvalue weighted by Crippen LogP contribution is 2.34. The molecule has 2 bridgehead atoms. The molecular weight excluding hydrogens is 414 g/mol. The first kappa shape index (κ1) is 20.3. The number of carbonyl (C=O) groups is 1. The molecule has 2 aromatic rings. The van der Waals surface area contributed by atoms with Gasteiger partial charge in [0.25, 0.3) is 0 Å². The van der Waals surface area contributed by atoms with E-state index >= 15 is 0 Å². The maximum absolute atomic E-state index is 13.4. The Morgan fingerprint density at radius 3 is 2.61 bits per heavy atom. The van der Waals surface area contributed by atoms with Crippen molar-refractivity contribution >= 4 is 16.1 Å². The summed E-state index contributed by atoms with van der Waals surface area (Å²) in [7, 11) is -3.37. The summed E-state index contributed by atoms with van der Waals surface area (Å²) >= 11 is 0. The molecule has 2 fully saturated rings. The monoisotopic (exact) mass is 441 g/mol. The van der Waals surface area contributed by atoms with Gasteiger partial charge in [-0.1, -0.05) is 42.5 Å². The fourth-order valence-electron chi connectivity index (χ4n) is 4.91. The van der Waals surface area contributed by atoms with Gasteiger partial charge in [-0.15, -0.1) is 0 Å². The Bertz CT molecular complexity index is 1100. The largest absolute Gasteiger partial charge is 0.491 e. The van der Waals surface area contributed by atoms with Crippen LogP contribution >= 0.6 is 0 Å². The van der Waals surface area contributed by atoms with Crippen molar-refractivity contribution in [2.24, 2.45) is 0 Å². The van der Waals surface area contributed by atoms with Gasteiger partial charge in [0.05, 0.1) is 18.3 Å². The van der Waals surface area contributed by atoms with Gasteiger partial charge in [0, 0.05) is 24.7 Å². The van der Waals surface area contributed by atoms with Crippen LogP contribution in [0.3, 0.4) is 0 Å². The van der Waals surface area contributed by atoms with Crippen molar-refractivity contribution in [1.82, 2.24) is 14.5 Å². The zero-order valence-electron chi connectivity index (χ0n) is 17.5. The summed E-state index contributed by atoms with van der Waals surface area (Å²) in [6.07, 6.45) is 3.29. The number of rotatable bonds is 2. The van der Waals surface area contributed by atoms with E-state index in [0.29, 0.717) is 32.5 Å². The lowest BCUT2D eigenvalue weighted by atomic mass is 9.96. The minimum atomic E-state index is -3.37. The van der Waals surface area contributed by atoms with E-state index in [4.69, 9.17) is 4.74 Å². The van der Waals surface area contributed by atoms with E-state index < -0.39 is 10.0 Å². The molecule has 0 aromatic heterocycles. The lowest BCUT2D eigenvalue weighted by Gasteiger charge is -2.44. The van der Waals surface area contributed by atoms with Crippen molar-refractivity contribution in [3.8, 4) is 16.9 Å². The summed E-state index contributed by atoms with van der Waals surface area (Å²) in [6, 6.07) is 15.7. The highest BCUT2D eigenvalue weighted by atomic mass is 32.2. The number of nitrogens with one attached hydrogen (secondary N) is 1. The smallest absolute Gasteiger partial charge is 0.320 e.